The van der Waals surface area contributed by atoms with E-state index in [4.69, 9.17) is 9.47 Å². The number of hydrogen-bond acceptors (Lipinski definition) is 6. The molecule has 1 heterocycles. The van der Waals surface area contributed by atoms with Crippen LogP contribution in [0, 0.1) is 5.82 Å². The van der Waals surface area contributed by atoms with Gasteiger partial charge in [0.15, 0.2) is 0 Å². The minimum absolute atomic E-state index is 0.369. The number of nitrogens with one attached hydrogen (secondary N) is 1. The van der Waals surface area contributed by atoms with Gasteiger partial charge in [-0.25, -0.2) is 9.37 Å². The van der Waals surface area contributed by atoms with Crippen LogP contribution in [0.2, 0.25) is 0 Å². The molecule has 102 valence electrons. The molecule has 0 saturated heterocycles. The van der Waals surface area contributed by atoms with Crippen LogP contribution in [0.25, 0.3) is 0 Å². The summed E-state index contributed by atoms with van der Waals surface area (Å²) in [7, 11) is 3.12. The maximum absolute atomic E-state index is 13.3. The first-order valence-electron chi connectivity index (χ1n) is 5.64. The number of nitrogens with zero attached hydrogens (tertiary/aromatic N) is 2. The van der Waals surface area contributed by atoms with Crippen LogP contribution in [-0.2, 0) is 11.2 Å². The molecule has 19 heavy (non-hydrogen) atoms. The van der Waals surface area contributed by atoms with Crippen LogP contribution < -0.4 is 10.1 Å². The fraction of sp³-hybridized carbons (Fsp3) is 0.333. The average molecular weight is 283 g/mol. The van der Waals surface area contributed by atoms with Gasteiger partial charge >= 0.3 is 0 Å². The fourth-order valence-electron chi connectivity index (χ4n) is 1.48. The van der Waals surface area contributed by atoms with Crippen molar-refractivity contribution in [2.45, 2.75) is 6.42 Å². The van der Waals surface area contributed by atoms with E-state index in [1.54, 1.807) is 13.2 Å². The highest BCUT2D eigenvalue weighted by Crippen LogP contribution is 2.24. The standard InChI is InChI=1S/C12H14FN3O2S/c1-17-4-3-11-15-12(19-16-11)14-9-5-8(13)6-10(7-9)18-2/h5-7H,3-4H2,1-2H3,(H,14,15,16). The van der Waals surface area contributed by atoms with Crippen molar-refractivity contribution < 1.29 is 13.9 Å². The number of ether oxygens (including phenoxy) is 2. The third-order valence-electron chi connectivity index (χ3n) is 2.36. The van der Waals surface area contributed by atoms with Gasteiger partial charge in [0.05, 0.1) is 13.7 Å². The normalized spacial score (nSPS) is 10.5. The van der Waals surface area contributed by atoms with Gasteiger partial charge in [-0.2, -0.15) is 4.37 Å². The number of benzene rings is 1. The van der Waals surface area contributed by atoms with Crippen molar-refractivity contribution in [3.8, 4) is 5.75 Å². The Morgan fingerprint density at radius 1 is 1.32 bits per heavy atom. The van der Waals surface area contributed by atoms with E-state index in [9.17, 15) is 4.39 Å². The summed E-state index contributed by atoms with van der Waals surface area (Å²) in [5, 5.41) is 3.61. The van der Waals surface area contributed by atoms with E-state index in [1.165, 1.54) is 30.8 Å². The van der Waals surface area contributed by atoms with E-state index in [0.29, 0.717) is 35.4 Å². The number of halogens is 1. The van der Waals surface area contributed by atoms with Gasteiger partial charge in [-0.3, -0.25) is 0 Å². The first kappa shape index (κ1) is 13.7. The topological polar surface area (TPSA) is 56.3 Å². The summed E-state index contributed by atoms with van der Waals surface area (Å²) < 4.78 is 27.5. The van der Waals surface area contributed by atoms with Gasteiger partial charge in [-0.05, 0) is 6.07 Å². The number of anilines is 2. The molecule has 2 rings (SSSR count). The lowest BCUT2D eigenvalue weighted by Gasteiger charge is -2.05. The molecule has 0 aliphatic rings. The third-order valence-corrected chi connectivity index (χ3v) is 3.02. The van der Waals surface area contributed by atoms with Gasteiger partial charge in [0.25, 0.3) is 0 Å². The Balaban J connectivity index is 2.08. The highest BCUT2D eigenvalue weighted by Gasteiger charge is 2.06. The van der Waals surface area contributed by atoms with Crippen molar-refractivity contribution in [1.82, 2.24) is 9.36 Å². The number of hydrogen-bond donors (Lipinski definition) is 1. The molecule has 0 amide bonds. The van der Waals surface area contributed by atoms with Gasteiger partial charge in [0, 0.05) is 42.9 Å². The lowest BCUT2D eigenvalue weighted by Crippen LogP contribution is -1.97. The molecule has 0 unspecified atom stereocenters. The van der Waals surface area contributed by atoms with E-state index in [2.05, 4.69) is 14.7 Å². The van der Waals surface area contributed by atoms with E-state index in [0.717, 1.165) is 0 Å². The molecule has 0 spiro atoms. The molecule has 7 heteroatoms. The second-order valence-electron chi connectivity index (χ2n) is 3.76. The lowest BCUT2D eigenvalue weighted by atomic mass is 10.3. The highest BCUT2D eigenvalue weighted by molar-refractivity contribution is 7.09. The maximum atomic E-state index is 13.3. The zero-order valence-corrected chi connectivity index (χ0v) is 11.5. The Kier molecular flexibility index (Phi) is 4.64. The lowest BCUT2D eigenvalue weighted by molar-refractivity contribution is 0.201. The molecule has 1 N–H and O–H groups in total. The molecule has 1 aromatic carbocycles. The van der Waals surface area contributed by atoms with E-state index in [-0.39, 0.29) is 5.82 Å². The van der Waals surface area contributed by atoms with Crippen LogP contribution in [0.5, 0.6) is 5.75 Å². The molecule has 0 fully saturated rings. The molecule has 2 aromatic rings. The summed E-state index contributed by atoms with van der Waals surface area (Å²) in [6.07, 6.45) is 0.654. The van der Waals surface area contributed by atoms with Crippen molar-refractivity contribution in [3.05, 3.63) is 29.8 Å². The van der Waals surface area contributed by atoms with Gasteiger partial charge in [-0.15, -0.1) is 0 Å². The summed E-state index contributed by atoms with van der Waals surface area (Å²) >= 11 is 1.22. The largest absolute Gasteiger partial charge is 0.497 e. The van der Waals surface area contributed by atoms with Crippen molar-refractivity contribution in [3.63, 3.8) is 0 Å². The van der Waals surface area contributed by atoms with Crippen LogP contribution in [-0.4, -0.2) is 30.2 Å². The second-order valence-corrected chi connectivity index (χ2v) is 4.52. The summed E-state index contributed by atoms with van der Waals surface area (Å²) in [6, 6.07) is 4.38. The monoisotopic (exact) mass is 283 g/mol. The molecule has 0 radical (unpaired) electrons. The summed E-state index contributed by atoms with van der Waals surface area (Å²) in [5.74, 6) is 0.787. The molecule has 0 aliphatic carbocycles. The summed E-state index contributed by atoms with van der Waals surface area (Å²) in [5.41, 5.74) is 0.575. The van der Waals surface area contributed by atoms with Crippen molar-refractivity contribution in [1.29, 1.82) is 0 Å². The fourth-order valence-corrected chi connectivity index (χ4v) is 2.11. The zero-order valence-electron chi connectivity index (χ0n) is 10.6. The van der Waals surface area contributed by atoms with Crippen molar-refractivity contribution >= 4 is 22.4 Å². The van der Waals surface area contributed by atoms with Gasteiger partial charge in [0.2, 0.25) is 5.13 Å². The minimum atomic E-state index is -0.369. The summed E-state index contributed by atoms with van der Waals surface area (Å²) in [4.78, 5) is 4.28. The smallest absolute Gasteiger partial charge is 0.207 e. The van der Waals surface area contributed by atoms with Crippen LogP contribution in [0.15, 0.2) is 18.2 Å². The molecule has 0 aliphatic heterocycles. The molecule has 1 aromatic heterocycles. The number of methoxy groups -OCH3 is 2. The molecule has 0 bridgehead atoms. The molecule has 0 atom stereocenters. The first-order chi connectivity index (χ1) is 9.21. The predicted molar refractivity (Wildman–Crippen MR) is 71.7 cm³/mol. The zero-order chi connectivity index (χ0) is 13.7. The van der Waals surface area contributed by atoms with Crippen LogP contribution >= 0.6 is 11.5 Å². The van der Waals surface area contributed by atoms with Crippen LogP contribution in [0.3, 0.4) is 0 Å². The Bertz CT molecular complexity index is 548. The minimum Gasteiger partial charge on any atom is -0.497 e. The van der Waals surface area contributed by atoms with E-state index in [1.807, 2.05) is 0 Å². The average Bonchev–Trinajstić information content (AvgIpc) is 2.83. The quantitative estimate of drug-likeness (QED) is 0.883. The van der Waals surface area contributed by atoms with Crippen molar-refractivity contribution in [2.24, 2.45) is 0 Å². The van der Waals surface area contributed by atoms with E-state index < -0.39 is 0 Å². The van der Waals surface area contributed by atoms with Crippen molar-refractivity contribution in [2.75, 3.05) is 26.1 Å². The Morgan fingerprint density at radius 2 is 2.16 bits per heavy atom. The Labute approximate surface area is 114 Å². The second kappa shape index (κ2) is 6.44. The van der Waals surface area contributed by atoms with E-state index >= 15 is 0 Å². The molecular formula is C12H14FN3O2S. The SMILES string of the molecule is COCCc1nsc(Nc2cc(F)cc(OC)c2)n1. The van der Waals surface area contributed by atoms with Gasteiger partial charge in [0.1, 0.15) is 17.4 Å². The Hall–Kier alpha value is -1.73. The predicted octanol–water partition coefficient (Wildman–Crippen LogP) is 2.62. The molecule has 5 nitrogen and oxygen atoms in total. The molecule has 0 saturated carbocycles. The number of rotatable bonds is 6. The van der Waals surface area contributed by atoms with Crippen LogP contribution in [0.4, 0.5) is 15.2 Å². The number of aromatic nitrogens is 2. The summed E-state index contributed by atoms with van der Waals surface area (Å²) in [6.45, 7) is 0.573. The highest BCUT2D eigenvalue weighted by atomic mass is 32.1. The maximum Gasteiger partial charge on any atom is 0.207 e. The molecular weight excluding hydrogens is 269 g/mol. The van der Waals surface area contributed by atoms with Gasteiger partial charge in [-0.1, -0.05) is 0 Å². The van der Waals surface area contributed by atoms with Gasteiger partial charge < -0.3 is 14.8 Å². The third kappa shape index (κ3) is 3.87. The first-order valence-corrected chi connectivity index (χ1v) is 6.41. The Morgan fingerprint density at radius 3 is 2.89 bits per heavy atom. The van der Waals surface area contributed by atoms with Crippen LogP contribution in [0.1, 0.15) is 5.82 Å².